The highest BCUT2D eigenvalue weighted by Gasteiger charge is 2.23. The Hall–Kier alpha value is 0.180. The molecule has 0 rings (SSSR count). The predicted molar refractivity (Wildman–Crippen MR) is 123 cm³/mol. The molecule has 0 spiro atoms. The van der Waals surface area contributed by atoms with Gasteiger partial charge < -0.3 is 18.1 Å². The van der Waals surface area contributed by atoms with E-state index in [1.54, 1.807) is 0 Å². The maximum atomic E-state index is 12.4. The molecule has 0 radical (unpaired) electrons. The quantitative estimate of drug-likeness (QED) is 0.0966. The van der Waals surface area contributed by atoms with Crippen LogP contribution in [0, 0.1) is 0 Å². The molecule has 11 heteroatoms. The molecule has 0 bridgehead atoms. The van der Waals surface area contributed by atoms with Crippen molar-refractivity contribution in [3.8, 4) is 0 Å². The molecule has 0 aliphatic carbocycles. The van der Waals surface area contributed by atoms with E-state index in [0.717, 1.165) is 38.5 Å². The summed E-state index contributed by atoms with van der Waals surface area (Å²) in [5.41, 5.74) is 0. The van der Waals surface area contributed by atoms with Gasteiger partial charge in [0.25, 0.3) is 0 Å². The van der Waals surface area contributed by atoms with E-state index in [1.807, 2.05) is 34.6 Å². The van der Waals surface area contributed by atoms with E-state index in [4.69, 9.17) is 27.8 Å². The second-order valence-corrected chi connectivity index (χ2v) is 11.1. The topological polar surface area (TPSA) is 92.8 Å². The molecular weight excluding hydrogens is 444 g/mol. The van der Waals surface area contributed by atoms with Gasteiger partial charge in [-0.25, -0.2) is 0 Å². The fraction of sp³-hybridized carbons (Fsp3) is 1.00. The van der Waals surface area contributed by atoms with Crippen molar-refractivity contribution >= 4 is 15.2 Å². The van der Waals surface area contributed by atoms with Crippen LogP contribution in [-0.4, -0.2) is 63.7 Å². The molecule has 0 unspecified atom stereocenters. The van der Waals surface area contributed by atoms with Crippen LogP contribution in [-0.2, 0) is 36.9 Å². The van der Waals surface area contributed by atoms with Crippen LogP contribution in [0.2, 0.25) is 0 Å². The minimum atomic E-state index is -2.95. The van der Waals surface area contributed by atoms with E-state index in [1.165, 1.54) is 5.23 Å². The van der Waals surface area contributed by atoms with Gasteiger partial charge in [0.1, 0.15) is 0 Å². The van der Waals surface area contributed by atoms with Crippen LogP contribution >= 0.6 is 15.2 Å². The van der Waals surface area contributed by atoms with Gasteiger partial charge in [-0.15, -0.1) is 0 Å². The average Bonchev–Trinajstić information content (AvgIpc) is 2.72. The lowest BCUT2D eigenvalue weighted by Gasteiger charge is -2.20. The molecule has 0 fully saturated rings. The van der Waals surface area contributed by atoms with E-state index in [9.17, 15) is 9.13 Å². The van der Waals surface area contributed by atoms with Crippen molar-refractivity contribution in [3.05, 3.63) is 0 Å². The van der Waals surface area contributed by atoms with Gasteiger partial charge in [-0.2, -0.15) is 0 Å². The van der Waals surface area contributed by atoms with Crippen molar-refractivity contribution in [2.45, 2.75) is 73.1 Å². The van der Waals surface area contributed by atoms with Crippen LogP contribution in [0.15, 0.2) is 0 Å². The number of hydroxylamine groups is 2. The predicted octanol–water partition coefficient (Wildman–Crippen LogP) is 6.04. The molecule has 0 aliphatic heterocycles. The molecule has 0 saturated carbocycles. The molecule has 0 aromatic rings. The van der Waals surface area contributed by atoms with Crippen molar-refractivity contribution < 1.29 is 36.9 Å². The Labute approximate surface area is 189 Å². The Kier molecular flexibility index (Phi) is 19.7. The molecular formula is C20H45NO8P2. The maximum absolute atomic E-state index is 12.4. The van der Waals surface area contributed by atoms with Gasteiger partial charge in [0.05, 0.1) is 52.0 Å². The van der Waals surface area contributed by atoms with Gasteiger partial charge in [0.2, 0.25) is 0 Å². The number of hydrogen-bond donors (Lipinski definition) is 0. The van der Waals surface area contributed by atoms with Crippen LogP contribution in [0.1, 0.15) is 73.1 Å². The molecule has 0 aromatic carbocycles. The summed E-state index contributed by atoms with van der Waals surface area (Å²) in [6.45, 7) is 12.5. The summed E-state index contributed by atoms with van der Waals surface area (Å²) in [4.78, 5) is 11.3. The van der Waals surface area contributed by atoms with Crippen molar-refractivity contribution in [1.29, 1.82) is 0 Å². The van der Waals surface area contributed by atoms with E-state index < -0.39 is 15.2 Å². The monoisotopic (exact) mass is 489 g/mol. The standard InChI is InChI=1S/C20H45NO8P2/c1-6-21(24-17-13-11-15-19-30(22,26-7-2)27-8-3)25-18-14-12-16-20-31(23,28-9-4)29-10-5/h6-20H2,1-5H3. The lowest BCUT2D eigenvalue weighted by molar-refractivity contribution is -0.366. The van der Waals surface area contributed by atoms with Crippen LogP contribution in [0.4, 0.5) is 0 Å². The number of nitrogens with zero attached hydrogens (tertiary/aromatic N) is 1. The molecule has 9 nitrogen and oxygen atoms in total. The lowest BCUT2D eigenvalue weighted by Crippen LogP contribution is -2.25. The van der Waals surface area contributed by atoms with Crippen LogP contribution in [0.5, 0.6) is 0 Å². The molecule has 0 atom stereocenters. The SMILES string of the molecule is CCOP(=O)(CCCCCON(CC)OCCCCCP(=O)(OCC)OCC)OCC. The summed E-state index contributed by atoms with van der Waals surface area (Å²) in [7, 11) is -5.89. The first-order valence-corrected chi connectivity index (χ1v) is 15.1. The maximum Gasteiger partial charge on any atom is 0.330 e. The number of unbranched alkanes of at least 4 members (excludes halogenated alkanes) is 4. The minimum Gasteiger partial charge on any atom is -0.309 e. The highest BCUT2D eigenvalue weighted by molar-refractivity contribution is 7.54. The number of hydrogen-bond acceptors (Lipinski definition) is 9. The first-order chi connectivity index (χ1) is 14.9. The highest BCUT2D eigenvalue weighted by atomic mass is 31.2. The summed E-state index contributed by atoms with van der Waals surface area (Å²) in [6, 6.07) is 0. The first-order valence-electron chi connectivity index (χ1n) is 11.7. The second kappa shape index (κ2) is 19.6. The van der Waals surface area contributed by atoms with E-state index in [0.29, 0.717) is 58.5 Å². The van der Waals surface area contributed by atoms with Crippen molar-refractivity contribution in [3.63, 3.8) is 0 Å². The summed E-state index contributed by atoms with van der Waals surface area (Å²) >= 11 is 0. The molecule has 188 valence electrons. The second-order valence-electron chi connectivity index (χ2n) is 6.78. The van der Waals surface area contributed by atoms with Gasteiger partial charge >= 0.3 is 15.2 Å². The van der Waals surface area contributed by atoms with Gasteiger partial charge in [-0.05, 0) is 60.3 Å². The van der Waals surface area contributed by atoms with Crippen LogP contribution < -0.4 is 0 Å². The average molecular weight is 490 g/mol. The minimum absolute atomic E-state index is 0.390. The van der Waals surface area contributed by atoms with E-state index in [-0.39, 0.29) is 0 Å². The van der Waals surface area contributed by atoms with Gasteiger partial charge in [-0.1, -0.05) is 18.1 Å². The third-order valence-electron chi connectivity index (χ3n) is 4.18. The van der Waals surface area contributed by atoms with Crippen LogP contribution in [0.25, 0.3) is 0 Å². The summed E-state index contributed by atoms with van der Waals surface area (Å²) in [5, 5.41) is 1.50. The third kappa shape index (κ3) is 16.4. The molecule has 0 heterocycles. The van der Waals surface area contributed by atoms with Crippen LogP contribution in [0.3, 0.4) is 0 Å². The first kappa shape index (κ1) is 31.2. The van der Waals surface area contributed by atoms with E-state index in [2.05, 4.69) is 0 Å². The van der Waals surface area contributed by atoms with Crippen molar-refractivity contribution in [1.82, 2.24) is 5.23 Å². The smallest absolute Gasteiger partial charge is 0.309 e. The molecule has 0 aromatic heterocycles. The Morgan fingerprint density at radius 1 is 0.548 bits per heavy atom. The van der Waals surface area contributed by atoms with E-state index >= 15 is 0 Å². The fourth-order valence-corrected chi connectivity index (χ4v) is 6.30. The molecule has 31 heavy (non-hydrogen) atoms. The largest absolute Gasteiger partial charge is 0.330 e. The summed E-state index contributed by atoms with van der Waals surface area (Å²) in [5.74, 6) is 0. The lowest BCUT2D eigenvalue weighted by atomic mass is 10.3. The highest BCUT2D eigenvalue weighted by Crippen LogP contribution is 2.49. The van der Waals surface area contributed by atoms with Crippen molar-refractivity contribution in [2.75, 3.05) is 58.5 Å². The zero-order valence-corrected chi connectivity index (χ0v) is 22.0. The summed E-state index contributed by atoms with van der Waals surface area (Å²) in [6.07, 6.45) is 5.82. The Balaban J connectivity index is 3.86. The summed E-state index contributed by atoms with van der Waals surface area (Å²) < 4.78 is 45.9. The Morgan fingerprint density at radius 2 is 0.903 bits per heavy atom. The molecule has 0 aliphatic rings. The van der Waals surface area contributed by atoms with Gasteiger partial charge in [0.15, 0.2) is 0 Å². The third-order valence-corrected chi connectivity index (χ3v) is 8.52. The Bertz CT molecular complexity index is 448. The molecule has 0 amide bonds. The van der Waals surface area contributed by atoms with Gasteiger partial charge in [-0.3, -0.25) is 18.8 Å². The fourth-order valence-electron chi connectivity index (χ4n) is 2.84. The zero-order valence-electron chi connectivity index (χ0n) is 20.2. The van der Waals surface area contributed by atoms with Crippen molar-refractivity contribution in [2.24, 2.45) is 0 Å². The molecule has 0 saturated heterocycles. The zero-order chi connectivity index (χ0) is 23.4. The normalized spacial score (nSPS) is 12.7. The Morgan fingerprint density at radius 3 is 1.19 bits per heavy atom. The molecule has 0 N–H and O–H groups in total. The number of rotatable bonds is 23. The van der Waals surface area contributed by atoms with Gasteiger partial charge in [0, 0.05) is 6.54 Å².